The molecule has 1 fully saturated rings. The predicted molar refractivity (Wildman–Crippen MR) is 167 cm³/mol. The highest BCUT2D eigenvalue weighted by Gasteiger charge is 2.21. The van der Waals surface area contributed by atoms with Gasteiger partial charge in [-0.2, -0.15) is 0 Å². The SMILES string of the molecule is Cc1ncoc1COc1ccc2c(c1)CCN(C[C@@H](O)CNC(=O)c1cc(Nc3cccnc3)nc(N3CCCCC3)c1)C2. The first-order valence-electron chi connectivity index (χ1n) is 15.3. The van der Waals surface area contributed by atoms with Gasteiger partial charge in [-0.15, -0.1) is 0 Å². The summed E-state index contributed by atoms with van der Waals surface area (Å²) in [7, 11) is 0. The van der Waals surface area contributed by atoms with Crippen LogP contribution in [0.5, 0.6) is 5.75 Å². The summed E-state index contributed by atoms with van der Waals surface area (Å²) in [5.74, 6) is 2.64. The molecule has 0 bridgehead atoms. The molecule has 230 valence electrons. The minimum Gasteiger partial charge on any atom is -0.486 e. The molecule has 44 heavy (non-hydrogen) atoms. The van der Waals surface area contributed by atoms with Gasteiger partial charge in [0.25, 0.3) is 5.91 Å². The molecule has 6 rings (SSSR count). The topological polar surface area (TPSA) is 129 Å². The summed E-state index contributed by atoms with van der Waals surface area (Å²) in [6.07, 6.45) is 8.43. The number of aliphatic hydroxyl groups is 1. The van der Waals surface area contributed by atoms with Crippen molar-refractivity contribution in [3.8, 4) is 5.75 Å². The van der Waals surface area contributed by atoms with Crippen molar-refractivity contribution in [3.05, 3.63) is 89.4 Å². The molecule has 1 saturated heterocycles. The van der Waals surface area contributed by atoms with Crippen LogP contribution in [-0.4, -0.2) is 69.7 Å². The van der Waals surface area contributed by atoms with Crippen LogP contribution < -0.4 is 20.3 Å². The maximum atomic E-state index is 13.3. The van der Waals surface area contributed by atoms with Crippen LogP contribution in [0.1, 0.15) is 52.2 Å². The highest BCUT2D eigenvalue weighted by atomic mass is 16.5. The van der Waals surface area contributed by atoms with E-state index in [1.165, 1.54) is 23.9 Å². The van der Waals surface area contributed by atoms with Crippen molar-refractivity contribution in [1.82, 2.24) is 25.2 Å². The average Bonchev–Trinajstić information content (AvgIpc) is 3.47. The fourth-order valence-corrected chi connectivity index (χ4v) is 5.70. The number of amides is 1. The zero-order chi connectivity index (χ0) is 30.3. The van der Waals surface area contributed by atoms with Crippen molar-refractivity contribution < 1.29 is 19.1 Å². The van der Waals surface area contributed by atoms with Gasteiger partial charge >= 0.3 is 0 Å². The molecule has 3 N–H and O–H groups in total. The maximum Gasteiger partial charge on any atom is 0.251 e. The second kappa shape index (κ2) is 13.9. The number of β-amino-alcohol motifs (C(OH)–C–C–N with tert-alkyl or cyclic N) is 1. The fraction of sp³-hybridized carbons (Fsp3) is 0.394. The van der Waals surface area contributed by atoms with Crippen LogP contribution >= 0.6 is 0 Å². The average molecular weight is 598 g/mol. The van der Waals surface area contributed by atoms with E-state index >= 15 is 0 Å². The third-order valence-electron chi connectivity index (χ3n) is 8.14. The van der Waals surface area contributed by atoms with Gasteiger partial charge in [0, 0.05) is 51.0 Å². The number of oxazole rings is 1. The number of hydrogen-bond donors (Lipinski definition) is 3. The number of aliphatic hydroxyl groups excluding tert-OH is 1. The number of aryl methyl sites for hydroxylation is 1. The van der Waals surface area contributed by atoms with Crippen molar-refractivity contribution >= 4 is 23.2 Å². The molecular weight excluding hydrogens is 558 g/mol. The van der Waals surface area contributed by atoms with E-state index in [-0.39, 0.29) is 12.5 Å². The molecule has 3 aromatic heterocycles. The monoisotopic (exact) mass is 597 g/mol. The number of fused-ring (bicyclic) bond motifs is 1. The Morgan fingerprint density at radius 2 is 2.00 bits per heavy atom. The predicted octanol–water partition coefficient (Wildman–Crippen LogP) is 4.23. The second-order valence-corrected chi connectivity index (χ2v) is 11.4. The Morgan fingerprint density at radius 1 is 1.11 bits per heavy atom. The van der Waals surface area contributed by atoms with Crippen LogP contribution in [0.15, 0.2) is 65.7 Å². The first-order valence-corrected chi connectivity index (χ1v) is 15.3. The Morgan fingerprint density at radius 3 is 2.80 bits per heavy atom. The van der Waals surface area contributed by atoms with E-state index in [2.05, 4.69) is 42.5 Å². The third kappa shape index (κ3) is 7.53. The molecule has 2 aliphatic rings. The summed E-state index contributed by atoms with van der Waals surface area (Å²) >= 11 is 0. The second-order valence-electron chi connectivity index (χ2n) is 11.4. The normalized spacial score (nSPS) is 15.8. The standard InChI is InChI=1S/C33H39N7O4/c1-23-30(44-22-36-23)21-43-29-8-7-25-19-39(13-9-24(25)14-29)20-28(41)18-35-33(42)26-15-31(37-27-6-5-10-34-17-27)38-32(16-26)40-11-3-2-4-12-40/h5-8,10,14-17,22,28,41H,2-4,9,11-13,18-21H2,1H3,(H,35,42)(H,37,38)/t28-/m0/s1. The number of nitrogens with one attached hydrogen (secondary N) is 2. The number of ether oxygens (including phenoxy) is 1. The molecule has 4 aromatic rings. The van der Waals surface area contributed by atoms with E-state index in [1.54, 1.807) is 18.5 Å². The van der Waals surface area contributed by atoms with E-state index in [4.69, 9.17) is 14.1 Å². The van der Waals surface area contributed by atoms with E-state index in [9.17, 15) is 9.90 Å². The first kappa shape index (κ1) is 29.6. The molecule has 0 aliphatic carbocycles. The van der Waals surface area contributed by atoms with Crippen LogP contribution in [0.25, 0.3) is 0 Å². The van der Waals surface area contributed by atoms with Gasteiger partial charge in [0.1, 0.15) is 24.0 Å². The first-order chi connectivity index (χ1) is 21.5. The van der Waals surface area contributed by atoms with Gasteiger partial charge in [-0.3, -0.25) is 14.7 Å². The molecule has 11 heteroatoms. The molecule has 1 atom stereocenters. The smallest absolute Gasteiger partial charge is 0.251 e. The molecule has 0 saturated carbocycles. The van der Waals surface area contributed by atoms with E-state index < -0.39 is 6.10 Å². The van der Waals surface area contributed by atoms with E-state index in [0.717, 1.165) is 74.2 Å². The number of carbonyl (C=O) groups excluding carboxylic acids is 1. The molecule has 5 heterocycles. The molecule has 1 amide bonds. The molecule has 0 spiro atoms. The summed E-state index contributed by atoms with van der Waals surface area (Å²) in [4.78, 5) is 30.8. The van der Waals surface area contributed by atoms with Crippen molar-refractivity contribution in [2.45, 2.75) is 51.9 Å². The third-order valence-corrected chi connectivity index (χ3v) is 8.14. The van der Waals surface area contributed by atoms with Gasteiger partial charge in [-0.25, -0.2) is 9.97 Å². The van der Waals surface area contributed by atoms with E-state index in [1.807, 2.05) is 31.2 Å². The molecule has 2 aliphatic heterocycles. The minimum atomic E-state index is -0.704. The number of pyridine rings is 2. The molecule has 0 unspecified atom stereocenters. The number of anilines is 3. The lowest BCUT2D eigenvalue weighted by Crippen LogP contribution is -2.42. The summed E-state index contributed by atoms with van der Waals surface area (Å²) in [6, 6.07) is 13.5. The van der Waals surface area contributed by atoms with Crippen molar-refractivity contribution in [3.63, 3.8) is 0 Å². The largest absolute Gasteiger partial charge is 0.486 e. The number of piperidine rings is 1. The summed E-state index contributed by atoms with van der Waals surface area (Å²) in [5, 5.41) is 17.1. The number of carbonyl (C=O) groups is 1. The van der Waals surface area contributed by atoms with Crippen LogP contribution in [-0.2, 0) is 19.6 Å². The van der Waals surface area contributed by atoms with Crippen LogP contribution in [0.2, 0.25) is 0 Å². The van der Waals surface area contributed by atoms with Gasteiger partial charge in [0.15, 0.2) is 12.2 Å². The van der Waals surface area contributed by atoms with Crippen LogP contribution in [0.4, 0.5) is 17.3 Å². The lowest BCUT2D eigenvalue weighted by atomic mass is 9.99. The molecule has 1 aromatic carbocycles. The van der Waals surface area contributed by atoms with Gasteiger partial charge in [0.2, 0.25) is 0 Å². The molecule has 0 radical (unpaired) electrons. The molecule has 11 nitrogen and oxygen atoms in total. The van der Waals surface area contributed by atoms with Crippen LogP contribution in [0.3, 0.4) is 0 Å². The van der Waals surface area contributed by atoms with Gasteiger partial charge in [-0.05, 0) is 80.1 Å². The minimum absolute atomic E-state index is 0.156. The number of hydrogen-bond acceptors (Lipinski definition) is 10. The van der Waals surface area contributed by atoms with Crippen LogP contribution in [0, 0.1) is 6.92 Å². The van der Waals surface area contributed by atoms with Crippen molar-refractivity contribution in [2.24, 2.45) is 0 Å². The van der Waals surface area contributed by atoms with E-state index in [0.29, 0.717) is 24.5 Å². The Hall–Kier alpha value is -4.48. The number of benzene rings is 1. The Bertz CT molecular complexity index is 1550. The highest BCUT2D eigenvalue weighted by Crippen LogP contribution is 2.26. The lowest BCUT2D eigenvalue weighted by Gasteiger charge is -2.30. The van der Waals surface area contributed by atoms with Crippen molar-refractivity contribution in [2.75, 3.05) is 42.9 Å². The summed E-state index contributed by atoms with van der Waals surface area (Å²) in [6.45, 7) is 6.24. The highest BCUT2D eigenvalue weighted by molar-refractivity contribution is 5.96. The zero-order valence-electron chi connectivity index (χ0n) is 25.0. The van der Waals surface area contributed by atoms with Gasteiger partial charge < -0.3 is 29.8 Å². The Balaban J connectivity index is 1.03. The zero-order valence-corrected chi connectivity index (χ0v) is 25.0. The van der Waals surface area contributed by atoms with Crippen molar-refractivity contribution in [1.29, 1.82) is 0 Å². The number of nitrogens with zero attached hydrogens (tertiary/aromatic N) is 5. The Kier molecular flexibility index (Phi) is 9.33. The fourth-order valence-electron chi connectivity index (χ4n) is 5.70. The van der Waals surface area contributed by atoms with Gasteiger partial charge in [0.05, 0.1) is 23.7 Å². The number of aromatic nitrogens is 3. The summed E-state index contributed by atoms with van der Waals surface area (Å²) < 4.78 is 11.3. The maximum absolute atomic E-state index is 13.3. The molecular formula is C33H39N7O4. The quantitative estimate of drug-likeness (QED) is 0.231. The lowest BCUT2D eigenvalue weighted by molar-refractivity contribution is 0.0841. The Labute approximate surface area is 257 Å². The summed E-state index contributed by atoms with van der Waals surface area (Å²) in [5.41, 5.74) is 4.59. The van der Waals surface area contributed by atoms with Gasteiger partial charge in [-0.1, -0.05) is 6.07 Å². The number of rotatable bonds is 11.